The number of phenolic OH excluding ortho intramolecular Hbond substituents is 2. The highest BCUT2D eigenvalue weighted by atomic mass is 16.7. The number of nitrogens with two attached hydrogens (primary N) is 1. The monoisotopic (exact) mass is 1550 g/mol. The van der Waals surface area contributed by atoms with Gasteiger partial charge in [0, 0.05) is 119 Å². The molecule has 0 aromatic heterocycles. The lowest BCUT2D eigenvalue weighted by molar-refractivity contribution is -0.256. The van der Waals surface area contributed by atoms with E-state index < -0.39 is 150 Å². The molecule has 3 saturated heterocycles. The number of morpholine rings is 1. The molecule has 8 N–H and O–H groups in total. The smallest absolute Gasteiger partial charge is 0.409 e. The fraction of sp³-hybridized carbons (Fsp3) is 0.519. The highest BCUT2D eigenvalue weighted by Crippen LogP contribution is 2.53. The van der Waals surface area contributed by atoms with Gasteiger partial charge in [-0.25, -0.2) is 19.3 Å². The average Bonchev–Trinajstić information content (AvgIpc) is 1.41. The van der Waals surface area contributed by atoms with Gasteiger partial charge in [-0.2, -0.15) is 0 Å². The topological polar surface area (TPSA) is 434 Å². The molecule has 600 valence electrons. The quantitative estimate of drug-likeness (QED) is 0.0165. The number of aromatic hydroxyl groups is 2. The highest BCUT2D eigenvalue weighted by Gasteiger charge is 2.56. The van der Waals surface area contributed by atoms with E-state index in [0.717, 1.165) is 9.80 Å². The lowest BCUT2D eigenvalue weighted by Gasteiger charge is -2.43. The van der Waals surface area contributed by atoms with Crippen molar-refractivity contribution in [2.24, 2.45) is 17.6 Å². The number of amides is 8. The van der Waals surface area contributed by atoms with Crippen molar-refractivity contribution in [2.75, 3.05) is 124 Å². The van der Waals surface area contributed by atoms with Crippen LogP contribution in [-0.4, -0.2) is 258 Å². The number of ketones is 4. The number of anilines is 2. The van der Waals surface area contributed by atoms with E-state index in [1.807, 2.05) is 0 Å². The number of hydrogen-bond acceptors (Lipinski definition) is 27. The summed E-state index contributed by atoms with van der Waals surface area (Å²) in [5.74, 6) is -7.13. The number of hydrogen-bond donors (Lipinski definition) is 7. The van der Waals surface area contributed by atoms with Crippen molar-refractivity contribution >= 4 is 76.4 Å². The molecule has 4 aromatic carbocycles. The number of imide groups is 1. The van der Waals surface area contributed by atoms with Crippen LogP contribution in [0.2, 0.25) is 0 Å². The molecule has 2 aliphatic carbocycles. The van der Waals surface area contributed by atoms with Crippen LogP contribution in [-0.2, 0) is 89.2 Å². The van der Waals surface area contributed by atoms with Crippen LogP contribution in [0.3, 0.4) is 0 Å². The Morgan fingerprint density at radius 2 is 1.42 bits per heavy atom. The second-order valence-corrected chi connectivity index (χ2v) is 28.2. The molecule has 6 aliphatic rings. The Balaban J connectivity index is 0.658. The molecule has 0 saturated carbocycles. The minimum absolute atomic E-state index is 0.0424. The van der Waals surface area contributed by atoms with Gasteiger partial charge in [-0.05, 0) is 87.6 Å². The van der Waals surface area contributed by atoms with Gasteiger partial charge < -0.3 is 104 Å². The number of fused-ring (bicyclic) bond motifs is 6. The second-order valence-electron chi connectivity index (χ2n) is 28.2. The average molecular weight is 1550 g/mol. The maximum atomic E-state index is 14.4. The number of rotatable bonds is 36. The molecule has 0 radical (unpaired) electrons. The Labute approximate surface area is 640 Å². The third-order valence-electron chi connectivity index (χ3n) is 20.4. The van der Waals surface area contributed by atoms with Crippen LogP contribution < -0.4 is 36.1 Å². The number of likely N-dealkylation sites (N-methyl/N-ethyl adjacent to an activating group) is 2. The van der Waals surface area contributed by atoms with Crippen molar-refractivity contribution in [3.05, 3.63) is 117 Å². The largest absolute Gasteiger partial charge is 0.507 e. The first-order chi connectivity index (χ1) is 53.0. The first-order valence-corrected chi connectivity index (χ1v) is 36.6. The Morgan fingerprint density at radius 3 is 2.07 bits per heavy atom. The zero-order valence-electron chi connectivity index (χ0n) is 63.4. The van der Waals surface area contributed by atoms with E-state index in [1.165, 1.54) is 51.4 Å². The van der Waals surface area contributed by atoms with Crippen molar-refractivity contribution < 1.29 is 125 Å². The lowest BCUT2D eigenvalue weighted by atomic mass is 9.72. The number of urea groups is 1. The molecule has 0 spiro atoms. The minimum Gasteiger partial charge on any atom is -0.507 e. The molecule has 0 unspecified atom stereocenters. The van der Waals surface area contributed by atoms with Crippen LogP contribution in [0.4, 0.5) is 25.8 Å². The summed E-state index contributed by atoms with van der Waals surface area (Å²) in [5.41, 5.74) is 3.10. The molecule has 0 bridgehead atoms. The van der Waals surface area contributed by atoms with Gasteiger partial charge in [-0.15, -0.1) is 0 Å². The Kier molecular flexibility index (Phi) is 28.1. The first-order valence-electron chi connectivity index (χ1n) is 36.6. The molecular weight excluding hydrogens is 1450 g/mol. The Morgan fingerprint density at radius 1 is 0.775 bits per heavy atom. The number of nitrogens with one attached hydrogen (secondary N) is 3. The van der Waals surface area contributed by atoms with Gasteiger partial charge in [0.1, 0.15) is 54.5 Å². The molecule has 34 heteroatoms. The van der Waals surface area contributed by atoms with E-state index in [2.05, 4.69) is 20.9 Å². The molecule has 34 nitrogen and oxygen atoms in total. The van der Waals surface area contributed by atoms with E-state index in [4.69, 9.17) is 62.6 Å². The maximum absolute atomic E-state index is 14.4. The molecule has 10 atom stereocenters. The number of aliphatic hydroxyl groups is 1. The number of methoxy groups -OCH3 is 2. The Bertz CT molecular complexity index is 4150. The predicted octanol–water partition coefficient (Wildman–Crippen LogP) is 4.50. The number of phenols is 2. The van der Waals surface area contributed by atoms with Crippen LogP contribution in [0.5, 0.6) is 23.0 Å². The fourth-order valence-corrected chi connectivity index (χ4v) is 14.2. The summed E-state index contributed by atoms with van der Waals surface area (Å²) in [7, 11) is 5.58. The maximum Gasteiger partial charge on any atom is 0.409 e. The third kappa shape index (κ3) is 19.5. The van der Waals surface area contributed by atoms with Crippen LogP contribution in [0.1, 0.15) is 121 Å². The number of carbonyl (C=O) groups is 11. The van der Waals surface area contributed by atoms with Gasteiger partial charge >= 0.3 is 18.2 Å². The van der Waals surface area contributed by atoms with Crippen molar-refractivity contribution in [3.63, 3.8) is 0 Å². The summed E-state index contributed by atoms with van der Waals surface area (Å²) in [6, 6.07) is 15.2. The van der Waals surface area contributed by atoms with E-state index in [1.54, 1.807) is 83.1 Å². The number of nitrogens with zero attached hydrogens (tertiary/aromatic N) is 4. The number of Topliss-reactive ketones (excluding diaryl/α,β-unsaturated/α-hetero) is 2. The summed E-state index contributed by atoms with van der Waals surface area (Å²) in [6.45, 7) is 8.85. The summed E-state index contributed by atoms with van der Waals surface area (Å²) in [5, 5.41) is 44.8. The number of primary amides is 1. The summed E-state index contributed by atoms with van der Waals surface area (Å²) in [4.78, 5) is 152. The number of benzene rings is 4. The fourth-order valence-electron chi connectivity index (χ4n) is 14.2. The van der Waals surface area contributed by atoms with Crippen LogP contribution in [0.15, 0.2) is 77.9 Å². The van der Waals surface area contributed by atoms with Gasteiger partial charge in [0.25, 0.3) is 11.8 Å². The second kappa shape index (κ2) is 37.3. The normalized spacial score (nSPS) is 21.8. The molecule has 4 heterocycles. The van der Waals surface area contributed by atoms with E-state index in [0.29, 0.717) is 47.0 Å². The molecule has 8 amide bonds. The van der Waals surface area contributed by atoms with Gasteiger partial charge in [0.05, 0.1) is 87.4 Å². The molecule has 4 aliphatic heterocycles. The molecule has 10 rings (SSSR count). The standard InChI is InChI=1S/C77H96N8O26/c1-41(2)63(81-57(88)40-104-31-30-102-28-29-103-32-33-105-49-21-19-48(20-22-49)85-70(94)42(3)43(4)71(85)95)53(86)34-46(12-11-23-79-74(78)96)69(93)80-47-17-15-45(16-18-47)38-107-75(97)82(6)24-25-83(7)76(98)108-39-56(87)77(99)36-51-60(67(92)62-61(65(51)90)64(89)50-13-10-14-54(100-8)59(50)66(62)91)55(37-77)110-58-35-52-68(44(5)109-58)111-72-73(101-9)106-27-26-84(52)72/h10,13-22,41,44,46,52,55,58,63,68,72-73,90,92,99H,11-12,23-40H2,1-9H3,(H,80,93)(H,81,88)(H3,78,79,96)/t44-,46+,52-,55-,58-,63-,68+,72+,73-,77-/m0/s1. The van der Waals surface area contributed by atoms with Gasteiger partial charge in [-0.3, -0.25) is 43.3 Å². The first kappa shape index (κ1) is 83.5. The zero-order chi connectivity index (χ0) is 80.1. The molecule has 4 aromatic rings. The van der Waals surface area contributed by atoms with Crippen molar-refractivity contribution in [3.8, 4) is 23.0 Å². The van der Waals surface area contributed by atoms with Crippen LogP contribution >= 0.6 is 0 Å². The summed E-state index contributed by atoms with van der Waals surface area (Å²) in [6.07, 6.45) is -7.68. The molecule has 111 heavy (non-hydrogen) atoms. The number of carbonyl (C=O) groups excluding carboxylic acids is 11. The third-order valence-corrected chi connectivity index (χ3v) is 20.4. The van der Waals surface area contributed by atoms with Crippen molar-refractivity contribution in [1.29, 1.82) is 0 Å². The van der Waals surface area contributed by atoms with Crippen molar-refractivity contribution in [2.45, 2.75) is 135 Å². The highest BCUT2D eigenvalue weighted by molar-refractivity contribution is 6.33. The van der Waals surface area contributed by atoms with Gasteiger partial charge in [0.15, 0.2) is 37.0 Å². The summed E-state index contributed by atoms with van der Waals surface area (Å²) < 4.78 is 69.3. The lowest BCUT2D eigenvalue weighted by Crippen LogP contribution is -2.55. The van der Waals surface area contributed by atoms with E-state index in [9.17, 15) is 68.1 Å². The van der Waals surface area contributed by atoms with Crippen molar-refractivity contribution in [1.82, 2.24) is 25.3 Å². The molecule has 3 fully saturated rings. The van der Waals surface area contributed by atoms with E-state index in [-0.39, 0.29) is 150 Å². The summed E-state index contributed by atoms with van der Waals surface area (Å²) >= 11 is 0. The van der Waals surface area contributed by atoms with E-state index >= 15 is 0 Å². The molecular formula is C77H96N8O26. The van der Waals surface area contributed by atoms with Crippen LogP contribution in [0.25, 0.3) is 0 Å². The zero-order valence-corrected chi connectivity index (χ0v) is 63.4. The van der Waals surface area contributed by atoms with Gasteiger partial charge in [-0.1, -0.05) is 38.1 Å². The Hall–Kier alpha value is -10.0. The minimum atomic E-state index is -2.49. The predicted molar refractivity (Wildman–Crippen MR) is 390 cm³/mol. The SMILES string of the molecule is COc1cccc2c1C(=O)c1c(O)c3c(c(O)c1C2=O)C[C@@](O)(C(=O)COC(=O)N(C)CCN(C)C(=O)OCc1ccc(NC(=O)[C@H](CCCNC(N)=O)CC(=O)[C@@H](NC(=O)COCCOCCOCCOc2ccc(N4C(=O)C(C)=C(C)C4=O)cc2)C(C)C)cc1)C[C@@H]3O[C@H]1C[C@H]2[C@H](O[C@@H]3[C@@H](OC)OCCN32)[C@H](C)O1. The van der Waals surface area contributed by atoms with Crippen LogP contribution in [0, 0.1) is 11.8 Å². The number of ether oxygens (including phenoxy) is 12. The van der Waals surface area contributed by atoms with Gasteiger partial charge in [0.2, 0.25) is 23.4 Å².